The second-order valence-electron chi connectivity index (χ2n) is 5.07. The number of methoxy groups -OCH3 is 1. The van der Waals surface area contributed by atoms with Crippen LogP contribution in [0.3, 0.4) is 0 Å². The summed E-state index contributed by atoms with van der Waals surface area (Å²) in [7, 11) is 1.66. The normalized spacial score (nSPS) is 12.3. The van der Waals surface area contributed by atoms with E-state index in [0.717, 1.165) is 24.6 Å². The Morgan fingerprint density at radius 3 is 2.58 bits per heavy atom. The van der Waals surface area contributed by atoms with E-state index in [0.29, 0.717) is 5.92 Å². The van der Waals surface area contributed by atoms with Crippen LogP contribution in [0.4, 0.5) is 0 Å². The summed E-state index contributed by atoms with van der Waals surface area (Å²) in [6.45, 7) is 11.9. The van der Waals surface area contributed by atoms with Crippen LogP contribution in [0.1, 0.15) is 26.3 Å². The molecule has 0 bridgehead atoms. The first-order valence-corrected chi connectivity index (χ1v) is 6.73. The average molecular weight is 263 g/mol. The quantitative estimate of drug-likeness (QED) is 0.729. The molecule has 1 aromatic rings. The number of nitrogens with one attached hydrogen (secondary N) is 1. The molecule has 1 atom stereocenters. The molecular weight excluding hydrogens is 238 g/mol. The smallest absolute Gasteiger partial charge is 0.162 e. The zero-order valence-corrected chi connectivity index (χ0v) is 12.4. The third-order valence-corrected chi connectivity index (χ3v) is 2.75. The first-order valence-electron chi connectivity index (χ1n) is 6.73. The lowest BCUT2D eigenvalue weighted by molar-refractivity contribution is 0.254. The monoisotopic (exact) mass is 263 g/mol. The Morgan fingerprint density at radius 1 is 1.26 bits per heavy atom. The molecule has 1 N–H and O–H groups in total. The van der Waals surface area contributed by atoms with Crippen molar-refractivity contribution in [3.8, 4) is 11.5 Å². The lowest BCUT2D eigenvalue weighted by Crippen LogP contribution is -2.19. The van der Waals surface area contributed by atoms with E-state index in [9.17, 15) is 0 Å². The van der Waals surface area contributed by atoms with Gasteiger partial charge in [0.2, 0.25) is 0 Å². The van der Waals surface area contributed by atoms with E-state index >= 15 is 0 Å². The van der Waals surface area contributed by atoms with Crippen molar-refractivity contribution in [1.29, 1.82) is 0 Å². The zero-order chi connectivity index (χ0) is 14.3. The maximum atomic E-state index is 5.72. The number of ether oxygens (including phenoxy) is 2. The standard InChI is InChI=1S/C16H25NO2/c1-6-13(4)19-15-8-7-14(9-16(15)18-5)11-17-10-12(2)3/h6-9,12-13,17H,1,10-11H2,2-5H3. The summed E-state index contributed by atoms with van der Waals surface area (Å²) in [5.41, 5.74) is 1.19. The van der Waals surface area contributed by atoms with Crippen LogP contribution in [0.15, 0.2) is 30.9 Å². The van der Waals surface area contributed by atoms with Crippen molar-refractivity contribution in [2.45, 2.75) is 33.4 Å². The second-order valence-corrected chi connectivity index (χ2v) is 5.07. The van der Waals surface area contributed by atoms with Crippen LogP contribution >= 0.6 is 0 Å². The van der Waals surface area contributed by atoms with E-state index in [1.54, 1.807) is 13.2 Å². The van der Waals surface area contributed by atoms with Gasteiger partial charge in [0.05, 0.1) is 7.11 Å². The van der Waals surface area contributed by atoms with Gasteiger partial charge >= 0.3 is 0 Å². The van der Waals surface area contributed by atoms with Crippen LogP contribution in [0, 0.1) is 5.92 Å². The Labute approximate surface area is 116 Å². The third-order valence-electron chi connectivity index (χ3n) is 2.75. The Morgan fingerprint density at radius 2 is 2.00 bits per heavy atom. The minimum Gasteiger partial charge on any atom is -0.493 e. The van der Waals surface area contributed by atoms with Crippen LogP contribution in [0.25, 0.3) is 0 Å². The van der Waals surface area contributed by atoms with Gasteiger partial charge in [-0.05, 0) is 37.1 Å². The molecule has 1 rings (SSSR count). The number of hydrogen-bond donors (Lipinski definition) is 1. The van der Waals surface area contributed by atoms with Crippen molar-refractivity contribution in [1.82, 2.24) is 5.32 Å². The maximum Gasteiger partial charge on any atom is 0.162 e. The van der Waals surface area contributed by atoms with Gasteiger partial charge < -0.3 is 14.8 Å². The second kappa shape index (κ2) is 7.85. The van der Waals surface area contributed by atoms with Gasteiger partial charge in [-0.25, -0.2) is 0 Å². The minimum absolute atomic E-state index is 0.0289. The fraction of sp³-hybridized carbons (Fsp3) is 0.500. The molecule has 0 radical (unpaired) electrons. The van der Waals surface area contributed by atoms with Crippen LogP contribution in [-0.4, -0.2) is 19.8 Å². The van der Waals surface area contributed by atoms with Crippen LogP contribution in [-0.2, 0) is 6.54 Å². The van der Waals surface area contributed by atoms with Crippen molar-refractivity contribution in [3.63, 3.8) is 0 Å². The predicted octanol–water partition coefficient (Wildman–Crippen LogP) is 3.39. The molecule has 3 nitrogen and oxygen atoms in total. The molecule has 0 aromatic heterocycles. The lowest BCUT2D eigenvalue weighted by Gasteiger charge is -2.15. The molecule has 1 unspecified atom stereocenters. The van der Waals surface area contributed by atoms with Gasteiger partial charge in [0.1, 0.15) is 6.10 Å². The molecule has 0 saturated heterocycles. The highest BCUT2D eigenvalue weighted by Gasteiger charge is 2.08. The van der Waals surface area contributed by atoms with E-state index in [1.165, 1.54) is 5.56 Å². The van der Waals surface area contributed by atoms with Crippen molar-refractivity contribution < 1.29 is 9.47 Å². The number of rotatable bonds is 8. The van der Waals surface area contributed by atoms with Gasteiger partial charge in [-0.3, -0.25) is 0 Å². The molecular formula is C16H25NO2. The molecule has 0 aliphatic carbocycles. The molecule has 0 saturated carbocycles. The SMILES string of the molecule is C=CC(C)Oc1ccc(CNCC(C)C)cc1OC. The summed E-state index contributed by atoms with van der Waals surface area (Å²) < 4.78 is 11.1. The minimum atomic E-state index is -0.0289. The molecule has 1 aromatic carbocycles. The van der Waals surface area contributed by atoms with Gasteiger partial charge in [-0.2, -0.15) is 0 Å². The largest absolute Gasteiger partial charge is 0.493 e. The van der Waals surface area contributed by atoms with Gasteiger partial charge in [0.25, 0.3) is 0 Å². The molecule has 106 valence electrons. The van der Waals surface area contributed by atoms with Gasteiger partial charge in [-0.1, -0.05) is 32.6 Å². The van der Waals surface area contributed by atoms with E-state index in [4.69, 9.17) is 9.47 Å². The van der Waals surface area contributed by atoms with Crippen LogP contribution < -0.4 is 14.8 Å². The molecule has 19 heavy (non-hydrogen) atoms. The van der Waals surface area contributed by atoms with E-state index < -0.39 is 0 Å². The molecule has 3 heteroatoms. The Kier molecular flexibility index (Phi) is 6.43. The van der Waals surface area contributed by atoms with E-state index in [1.807, 2.05) is 19.1 Å². The third kappa shape index (κ3) is 5.35. The highest BCUT2D eigenvalue weighted by Crippen LogP contribution is 2.29. The first-order chi connectivity index (χ1) is 9.06. The molecule has 0 heterocycles. The van der Waals surface area contributed by atoms with E-state index in [-0.39, 0.29) is 6.10 Å². The summed E-state index contributed by atoms with van der Waals surface area (Å²) in [5.74, 6) is 2.16. The molecule has 0 aliphatic heterocycles. The molecule has 0 spiro atoms. The van der Waals surface area contributed by atoms with Crippen molar-refractivity contribution in [2.75, 3.05) is 13.7 Å². The van der Waals surface area contributed by atoms with Crippen LogP contribution in [0.2, 0.25) is 0 Å². The molecule has 0 amide bonds. The number of benzene rings is 1. The zero-order valence-electron chi connectivity index (χ0n) is 12.4. The molecule has 0 aliphatic rings. The summed E-state index contributed by atoms with van der Waals surface area (Å²) in [5, 5.41) is 3.41. The highest BCUT2D eigenvalue weighted by molar-refractivity contribution is 5.43. The van der Waals surface area contributed by atoms with Crippen molar-refractivity contribution >= 4 is 0 Å². The summed E-state index contributed by atoms with van der Waals surface area (Å²) >= 11 is 0. The summed E-state index contributed by atoms with van der Waals surface area (Å²) in [6, 6.07) is 6.02. The van der Waals surface area contributed by atoms with Crippen LogP contribution in [0.5, 0.6) is 11.5 Å². The fourth-order valence-electron chi connectivity index (χ4n) is 1.67. The first kappa shape index (κ1) is 15.6. The highest BCUT2D eigenvalue weighted by atomic mass is 16.5. The Hall–Kier alpha value is -1.48. The topological polar surface area (TPSA) is 30.5 Å². The lowest BCUT2D eigenvalue weighted by atomic mass is 10.1. The Balaban J connectivity index is 2.69. The number of hydrogen-bond acceptors (Lipinski definition) is 3. The van der Waals surface area contributed by atoms with Gasteiger partial charge in [0, 0.05) is 6.54 Å². The maximum absolute atomic E-state index is 5.72. The van der Waals surface area contributed by atoms with Gasteiger partial charge in [0.15, 0.2) is 11.5 Å². The van der Waals surface area contributed by atoms with Crippen molar-refractivity contribution in [2.24, 2.45) is 5.92 Å². The Bertz CT molecular complexity index is 402. The summed E-state index contributed by atoms with van der Waals surface area (Å²) in [4.78, 5) is 0. The average Bonchev–Trinajstić information content (AvgIpc) is 2.39. The van der Waals surface area contributed by atoms with Gasteiger partial charge in [-0.15, -0.1) is 0 Å². The fourth-order valence-corrected chi connectivity index (χ4v) is 1.67. The predicted molar refractivity (Wildman–Crippen MR) is 79.8 cm³/mol. The molecule has 0 fully saturated rings. The van der Waals surface area contributed by atoms with E-state index in [2.05, 4.69) is 31.8 Å². The van der Waals surface area contributed by atoms with Crippen molar-refractivity contribution in [3.05, 3.63) is 36.4 Å². The summed E-state index contributed by atoms with van der Waals surface area (Å²) in [6.07, 6.45) is 1.73.